The SMILES string of the molecule is O=C(O)[C@@H]1CC(=O)N(c2ccc3nc(-c4ccccc4F)oc3c2)C1. The number of carbonyl (C=O) groups excluding carboxylic acids is 1. The summed E-state index contributed by atoms with van der Waals surface area (Å²) in [5.74, 6) is -2.24. The molecule has 1 aromatic heterocycles. The Bertz CT molecular complexity index is 998. The van der Waals surface area contributed by atoms with Crippen molar-refractivity contribution in [3.05, 3.63) is 48.3 Å². The van der Waals surface area contributed by atoms with Crippen LogP contribution in [0.4, 0.5) is 10.1 Å². The van der Waals surface area contributed by atoms with Crippen LogP contribution in [0.1, 0.15) is 6.42 Å². The van der Waals surface area contributed by atoms with Crippen molar-refractivity contribution in [3.8, 4) is 11.5 Å². The zero-order valence-corrected chi connectivity index (χ0v) is 13.0. The largest absolute Gasteiger partial charge is 0.481 e. The van der Waals surface area contributed by atoms with E-state index in [0.29, 0.717) is 16.8 Å². The topological polar surface area (TPSA) is 83.6 Å². The van der Waals surface area contributed by atoms with E-state index >= 15 is 0 Å². The summed E-state index contributed by atoms with van der Waals surface area (Å²) in [6.45, 7) is 0.119. The average Bonchev–Trinajstić information content (AvgIpc) is 3.18. The van der Waals surface area contributed by atoms with Gasteiger partial charge < -0.3 is 14.4 Å². The van der Waals surface area contributed by atoms with E-state index in [1.54, 1.807) is 36.4 Å². The zero-order valence-electron chi connectivity index (χ0n) is 13.0. The maximum atomic E-state index is 13.9. The fourth-order valence-electron chi connectivity index (χ4n) is 2.95. The summed E-state index contributed by atoms with van der Waals surface area (Å²) in [7, 11) is 0. The number of rotatable bonds is 3. The molecule has 0 spiro atoms. The number of halogens is 1. The molecule has 0 radical (unpaired) electrons. The quantitative estimate of drug-likeness (QED) is 0.792. The van der Waals surface area contributed by atoms with E-state index in [2.05, 4.69) is 4.98 Å². The molecule has 1 amide bonds. The van der Waals surface area contributed by atoms with Crippen LogP contribution >= 0.6 is 0 Å². The number of hydrogen-bond donors (Lipinski definition) is 1. The number of carboxylic acids is 1. The number of carboxylic acid groups (broad SMARTS) is 1. The molecule has 0 unspecified atom stereocenters. The minimum atomic E-state index is -0.988. The Balaban J connectivity index is 1.71. The molecule has 2 heterocycles. The second-order valence-corrected chi connectivity index (χ2v) is 5.89. The van der Waals surface area contributed by atoms with Gasteiger partial charge >= 0.3 is 5.97 Å². The van der Waals surface area contributed by atoms with E-state index in [1.807, 2.05) is 0 Å². The highest BCUT2D eigenvalue weighted by molar-refractivity contribution is 6.00. The van der Waals surface area contributed by atoms with Gasteiger partial charge in [0.25, 0.3) is 0 Å². The number of amides is 1. The molecule has 1 atom stereocenters. The Kier molecular flexibility index (Phi) is 3.49. The Morgan fingerprint density at radius 3 is 2.80 bits per heavy atom. The van der Waals surface area contributed by atoms with Crippen molar-refractivity contribution in [2.24, 2.45) is 5.92 Å². The van der Waals surface area contributed by atoms with Crippen LogP contribution in [-0.4, -0.2) is 28.5 Å². The first-order chi connectivity index (χ1) is 12.0. The van der Waals surface area contributed by atoms with E-state index in [-0.39, 0.29) is 30.3 Å². The van der Waals surface area contributed by atoms with Crippen LogP contribution in [0.25, 0.3) is 22.6 Å². The molecule has 1 aliphatic rings. The first-order valence-electron chi connectivity index (χ1n) is 7.71. The van der Waals surface area contributed by atoms with E-state index in [9.17, 15) is 14.0 Å². The molecule has 1 N–H and O–H groups in total. The number of aromatic nitrogens is 1. The normalized spacial score (nSPS) is 17.4. The van der Waals surface area contributed by atoms with Gasteiger partial charge in [-0.3, -0.25) is 9.59 Å². The fourth-order valence-corrected chi connectivity index (χ4v) is 2.95. The number of oxazole rings is 1. The molecule has 126 valence electrons. The maximum absolute atomic E-state index is 13.9. The molecular formula is C18H13FN2O4. The van der Waals surface area contributed by atoms with E-state index in [4.69, 9.17) is 9.52 Å². The molecule has 1 fully saturated rings. The highest BCUT2D eigenvalue weighted by atomic mass is 19.1. The number of benzene rings is 2. The van der Waals surface area contributed by atoms with Gasteiger partial charge in [0.1, 0.15) is 11.3 Å². The Morgan fingerprint density at radius 2 is 2.08 bits per heavy atom. The van der Waals surface area contributed by atoms with E-state index < -0.39 is 17.7 Å². The molecular weight excluding hydrogens is 327 g/mol. The molecule has 25 heavy (non-hydrogen) atoms. The smallest absolute Gasteiger partial charge is 0.308 e. The summed E-state index contributed by atoms with van der Waals surface area (Å²) < 4.78 is 19.5. The monoisotopic (exact) mass is 340 g/mol. The molecule has 3 aromatic rings. The molecule has 1 saturated heterocycles. The van der Waals surface area contributed by atoms with E-state index in [0.717, 1.165) is 0 Å². The Hall–Kier alpha value is -3.22. The predicted molar refractivity (Wildman–Crippen MR) is 87.5 cm³/mol. The number of anilines is 1. The van der Waals surface area contributed by atoms with Gasteiger partial charge in [0.05, 0.1) is 11.5 Å². The average molecular weight is 340 g/mol. The van der Waals surface area contributed by atoms with Crippen molar-refractivity contribution in [3.63, 3.8) is 0 Å². The van der Waals surface area contributed by atoms with Gasteiger partial charge in [0.15, 0.2) is 5.58 Å². The number of aliphatic carboxylic acids is 1. The molecule has 4 rings (SSSR count). The first-order valence-corrected chi connectivity index (χ1v) is 7.71. The van der Waals surface area contributed by atoms with Gasteiger partial charge in [-0.15, -0.1) is 0 Å². The zero-order chi connectivity index (χ0) is 17.6. The van der Waals surface area contributed by atoms with Gasteiger partial charge in [0, 0.05) is 24.7 Å². The minimum absolute atomic E-state index is 0.0236. The van der Waals surface area contributed by atoms with Gasteiger partial charge in [-0.2, -0.15) is 0 Å². The molecule has 0 aliphatic carbocycles. The third-order valence-electron chi connectivity index (χ3n) is 4.26. The number of carbonyl (C=O) groups is 2. The van der Waals surface area contributed by atoms with Crippen LogP contribution in [0.2, 0.25) is 0 Å². The summed E-state index contributed by atoms with van der Waals surface area (Å²) in [5.41, 5.74) is 1.73. The van der Waals surface area contributed by atoms with Crippen LogP contribution in [0.5, 0.6) is 0 Å². The summed E-state index contributed by atoms with van der Waals surface area (Å²) >= 11 is 0. The number of hydrogen-bond acceptors (Lipinski definition) is 4. The maximum Gasteiger partial charge on any atom is 0.308 e. The van der Waals surface area contributed by atoms with Crippen LogP contribution < -0.4 is 4.90 Å². The summed E-state index contributed by atoms with van der Waals surface area (Å²) in [5, 5.41) is 9.08. The van der Waals surface area contributed by atoms with Crippen molar-refractivity contribution < 1.29 is 23.5 Å². The number of fused-ring (bicyclic) bond motifs is 1. The third-order valence-corrected chi connectivity index (χ3v) is 4.26. The highest BCUT2D eigenvalue weighted by Gasteiger charge is 2.35. The van der Waals surface area contributed by atoms with Gasteiger partial charge in [-0.1, -0.05) is 12.1 Å². The summed E-state index contributed by atoms with van der Waals surface area (Å²) in [6.07, 6.45) is -0.0236. The van der Waals surface area contributed by atoms with Crippen LogP contribution in [0, 0.1) is 11.7 Å². The second-order valence-electron chi connectivity index (χ2n) is 5.89. The Morgan fingerprint density at radius 1 is 1.28 bits per heavy atom. The lowest BCUT2D eigenvalue weighted by atomic mass is 10.1. The lowest BCUT2D eigenvalue weighted by Crippen LogP contribution is -2.25. The van der Waals surface area contributed by atoms with Gasteiger partial charge in [0.2, 0.25) is 11.8 Å². The Labute approximate surface area is 141 Å². The fraction of sp³-hybridized carbons (Fsp3) is 0.167. The lowest BCUT2D eigenvalue weighted by molar-refractivity contribution is -0.141. The highest BCUT2D eigenvalue weighted by Crippen LogP contribution is 2.31. The van der Waals surface area contributed by atoms with Gasteiger partial charge in [-0.25, -0.2) is 9.37 Å². The van der Waals surface area contributed by atoms with Crippen LogP contribution in [0.15, 0.2) is 46.9 Å². The molecule has 0 saturated carbocycles. The third kappa shape index (κ3) is 2.63. The standard InChI is InChI=1S/C18H13FN2O4/c19-13-4-2-1-3-12(13)17-20-14-6-5-11(8-15(14)25-17)21-9-10(18(23)24)7-16(21)22/h1-6,8,10H,7,9H2,(H,23,24)/t10-/m1/s1. The van der Waals surface area contributed by atoms with E-state index in [1.165, 1.54) is 11.0 Å². The van der Waals surface area contributed by atoms with Crippen LogP contribution in [-0.2, 0) is 9.59 Å². The van der Waals surface area contributed by atoms with Crippen molar-refractivity contribution >= 4 is 28.7 Å². The minimum Gasteiger partial charge on any atom is -0.481 e. The van der Waals surface area contributed by atoms with Crippen molar-refractivity contribution in [2.45, 2.75) is 6.42 Å². The first kappa shape index (κ1) is 15.3. The van der Waals surface area contributed by atoms with Crippen molar-refractivity contribution in [2.75, 3.05) is 11.4 Å². The molecule has 6 nitrogen and oxygen atoms in total. The second kappa shape index (κ2) is 5.70. The molecule has 2 aromatic carbocycles. The van der Waals surface area contributed by atoms with Gasteiger partial charge in [-0.05, 0) is 24.3 Å². The van der Waals surface area contributed by atoms with Crippen molar-refractivity contribution in [1.82, 2.24) is 4.98 Å². The van der Waals surface area contributed by atoms with Crippen molar-refractivity contribution in [1.29, 1.82) is 0 Å². The molecule has 7 heteroatoms. The number of nitrogens with zero attached hydrogens (tertiary/aromatic N) is 2. The summed E-state index contributed by atoms with van der Waals surface area (Å²) in [4.78, 5) is 28.8. The predicted octanol–water partition coefficient (Wildman–Crippen LogP) is 3.07. The summed E-state index contributed by atoms with van der Waals surface area (Å²) in [6, 6.07) is 11.1. The van der Waals surface area contributed by atoms with Crippen LogP contribution in [0.3, 0.4) is 0 Å². The molecule has 1 aliphatic heterocycles. The lowest BCUT2D eigenvalue weighted by Gasteiger charge is -2.15. The molecule has 0 bridgehead atoms.